The summed E-state index contributed by atoms with van der Waals surface area (Å²) in [5, 5.41) is 4.11. The van der Waals surface area contributed by atoms with E-state index in [0.29, 0.717) is 0 Å². The standard InChI is InChI=1S/C17H16ClN3/c1-2-21-16-6-5-14(18)8-15(16)20-17(21)11-3-4-12-9-19-10-13(12)7-11/h3-8,19H,2,9-10H2,1H3. The Balaban J connectivity index is 1.93. The molecule has 0 amide bonds. The molecule has 4 heteroatoms. The summed E-state index contributed by atoms with van der Waals surface area (Å²) in [6, 6.07) is 12.5. The first kappa shape index (κ1) is 12.9. The average molecular weight is 298 g/mol. The molecule has 0 radical (unpaired) electrons. The second-order valence-electron chi connectivity index (χ2n) is 5.40. The van der Waals surface area contributed by atoms with Crippen molar-refractivity contribution in [3.8, 4) is 11.4 Å². The van der Waals surface area contributed by atoms with Crippen molar-refractivity contribution in [2.24, 2.45) is 0 Å². The summed E-state index contributed by atoms with van der Waals surface area (Å²) < 4.78 is 2.25. The van der Waals surface area contributed by atoms with Gasteiger partial charge in [0.15, 0.2) is 0 Å². The molecule has 1 aromatic heterocycles. The molecule has 0 aliphatic carbocycles. The van der Waals surface area contributed by atoms with Crippen LogP contribution in [0.4, 0.5) is 0 Å². The van der Waals surface area contributed by atoms with Gasteiger partial charge < -0.3 is 9.88 Å². The lowest BCUT2D eigenvalue weighted by atomic mass is 10.1. The molecule has 0 spiro atoms. The highest BCUT2D eigenvalue weighted by Gasteiger charge is 2.15. The summed E-state index contributed by atoms with van der Waals surface area (Å²) in [6.45, 7) is 4.95. The van der Waals surface area contributed by atoms with Gasteiger partial charge >= 0.3 is 0 Å². The van der Waals surface area contributed by atoms with E-state index in [1.165, 1.54) is 16.7 Å². The molecule has 21 heavy (non-hydrogen) atoms. The number of rotatable bonds is 2. The van der Waals surface area contributed by atoms with Crippen LogP contribution in [0, 0.1) is 0 Å². The molecule has 1 N–H and O–H groups in total. The van der Waals surface area contributed by atoms with Gasteiger partial charge in [0, 0.05) is 30.2 Å². The highest BCUT2D eigenvalue weighted by Crippen LogP contribution is 2.29. The van der Waals surface area contributed by atoms with Crippen molar-refractivity contribution in [1.82, 2.24) is 14.9 Å². The third kappa shape index (κ3) is 2.04. The molecule has 106 valence electrons. The van der Waals surface area contributed by atoms with Crippen molar-refractivity contribution >= 4 is 22.6 Å². The Hall–Kier alpha value is -1.84. The van der Waals surface area contributed by atoms with Crippen LogP contribution in [-0.2, 0) is 19.6 Å². The summed E-state index contributed by atoms with van der Waals surface area (Å²) in [5.41, 5.74) is 6.03. The molecular weight excluding hydrogens is 282 g/mol. The van der Waals surface area contributed by atoms with Gasteiger partial charge in [0.1, 0.15) is 5.82 Å². The minimum Gasteiger partial charge on any atom is -0.324 e. The molecule has 0 saturated carbocycles. The Bertz CT molecular complexity index is 835. The molecule has 2 aromatic carbocycles. The summed E-state index contributed by atoms with van der Waals surface area (Å²) in [7, 11) is 0. The number of halogens is 1. The number of imidazole rings is 1. The van der Waals surface area contributed by atoms with E-state index in [0.717, 1.165) is 41.5 Å². The molecule has 1 aliphatic rings. The van der Waals surface area contributed by atoms with Gasteiger partial charge in [-0.15, -0.1) is 0 Å². The van der Waals surface area contributed by atoms with E-state index in [4.69, 9.17) is 16.6 Å². The molecule has 4 rings (SSSR count). The van der Waals surface area contributed by atoms with E-state index in [1.807, 2.05) is 18.2 Å². The van der Waals surface area contributed by atoms with Crippen LogP contribution in [0.5, 0.6) is 0 Å². The van der Waals surface area contributed by atoms with E-state index in [2.05, 4.69) is 35.0 Å². The third-order valence-electron chi connectivity index (χ3n) is 4.12. The van der Waals surface area contributed by atoms with Gasteiger partial charge in [-0.25, -0.2) is 4.98 Å². The second-order valence-corrected chi connectivity index (χ2v) is 5.84. The average Bonchev–Trinajstić information content (AvgIpc) is 3.09. The monoisotopic (exact) mass is 297 g/mol. The van der Waals surface area contributed by atoms with Gasteiger partial charge in [0.05, 0.1) is 11.0 Å². The number of nitrogens with zero attached hydrogens (tertiary/aromatic N) is 2. The van der Waals surface area contributed by atoms with Crippen LogP contribution in [0.25, 0.3) is 22.4 Å². The molecule has 3 aromatic rings. The second kappa shape index (κ2) is 4.86. The van der Waals surface area contributed by atoms with Gasteiger partial charge in [-0.1, -0.05) is 23.7 Å². The number of hydrogen-bond donors (Lipinski definition) is 1. The summed E-state index contributed by atoms with van der Waals surface area (Å²) in [4.78, 5) is 4.80. The largest absolute Gasteiger partial charge is 0.324 e. The minimum absolute atomic E-state index is 0.730. The predicted molar refractivity (Wildman–Crippen MR) is 86.4 cm³/mol. The molecule has 0 bridgehead atoms. The van der Waals surface area contributed by atoms with Crippen molar-refractivity contribution in [2.45, 2.75) is 26.6 Å². The molecule has 0 fully saturated rings. The highest BCUT2D eigenvalue weighted by atomic mass is 35.5. The van der Waals surface area contributed by atoms with Crippen molar-refractivity contribution in [1.29, 1.82) is 0 Å². The SMILES string of the molecule is CCn1c(-c2ccc3c(c2)CNC3)nc2cc(Cl)ccc21. The topological polar surface area (TPSA) is 29.9 Å². The van der Waals surface area contributed by atoms with E-state index in [-0.39, 0.29) is 0 Å². The van der Waals surface area contributed by atoms with Crippen molar-refractivity contribution in [3.05, 3.63) is 52.5 Å². The molecule has 0 atom stereocenters. The Morgan fingerprint density at radius 3 is 2.86 bits per heavy atom. The van der Waals surface area contributed by atoms with Gasteiger partial charge in [-0.3, -0.25) is 0 Å². The van der Waals surface area contributed by atoms with Crippen LogP contribution >= 0.6 is 11.6 Å². The maximum atomic E-state index is 6.09. The first-order valence-corrected chi connectivity index (χ1v) is 7.62. The number of benzene rings is 2. The first-order chi connectivity index (χ1) is 10.3. The lowest BCUT2D eigenvalue weighted by molar-refractivity contribution is 0.764. The van der Waals surface area contributed by atoms with Crippen molar-refractivity contribution in [3.63, 3.8) is 0 Å². The van der Waals surface area contributed by atoms with Crippen LogP contribution in [0.2, 0.25) is 5.02 Å². The minimum atomic E-state index is 0.730. The van der Waals surface area contributed by atoms with Crippen molar-refractivity contribution in [2.75, 3.05) is 0 Å². The predicted octanol–water partition coefficient (Wildman–Crippen LogP) is 3.98. The first-order valence-electron chi connectivity index (χ1n) is 7.25. The maximum Gasteiger partial charge on any atom is 0.141 e. The number of nitrogens with one attached hydrogen (secondary N) is 1. The normalized spacial score (nSPS) is 13.8. The van der Waals surface area contributed by atoms with Gasteiger partial charge in [-0.05, 0) is 42.3 Å². The number of hydrogen-bond acceptors (Lipinski definition) is 2. The fraction of sp³-hybridized carbons (Fsp3) is 0.235. The fourth-order valence-electron chi connectivity index (χ4n) is 3.08. The number of aromatic nitrogens is 2. The quantitative estimate of drug-likeness (QED) is 0.775. The summed E-state index contributed by atoms with van der Waals surface area (Å²) >= 11 is 6.09. The molecule has 2 heterocycles. The Labute approximate surface area is 128 Å². The number of fused-ring (bicyclic) bond motifs is 2. The smallest absolute Gasteiger partial charge is 0.141 e. The van der Waals surface area contributed by atoms with Crippen molar-refractivity contribution < 1.29 is 0 Å². The molecular formula is C17H16ClN3. The zero-order valence-electron chi connectivity index (χ0n) is 11.9. The summed E-state index contributed by atoms with van der Waals surface area (Å²) in [6.07, 6.45) is 0. The van der Waals surface area contributed by atoms with Gasteiger partial charge in [0.2, 0.25) is 0 Å². The fourth-order valence-corrected chi connectivity index (χ4v) is 3.24. The molecule has 3 nitrogen and oxygen atoms in total. The zero-order valence-corrected chi connectivity index (χ0v) is 12.6. The van der Waals surface area contributed by atoms with E-state index in [1.54, 1.807) is 0 Å². The summed E-state index contributed by atoms with van der Waals surface area (Å²) in [5.74, 6) is 1.02. The van der Waals surface area contributed by atoms with Crippen LogP contribution in [-0.4, -0.2) is 9.55 Å². The van der Waals surface area contributed by atoms with Crippen LogP contribution < -0.4 is 5.32 Å². The lowest BCUT2D eigenvalue weighted by Crippen LogP contribution is -2.00. The third-order valence-corrected chi connectivity index (χ3v) is 4.36. The molecule has 1 aliphatic heterocycles. The Morgan fingerprint density at radius 2 is 2.00 bits per heavy atom. The van der Waals surface area contributed by atoms with E-state index in [9.17, 15) is 0 Å². The highest BCUT2D eigenvalue weighted by molar-refractivity contribution is 6.31. The Kier molecular flexibility index (Phi) is 2.98. The van der Waals surface area contributed by atoms with E-state index < -0.39 is 0 Å². The van der Waals surface area contributed by atoms with E-state index >= 15 is 0 Å². The van der Waals surface area contributed by atoms with Gasteiger partial charge in [-0.2, -0.15) is 0 Å². The van der Waals surface area contributed by atoms with Crippen LogP contribution in [0.15, 0.2) is 36.4 Å². The zero-order chi connectivity index (χ0) is 14.4. The number of aryl methyl sites for hydroxylation is 1. The Morgan fingerprint density at radius 1 is 1.14 bits per heavy atom. The van der Waals surface area contributed by atoms with Gasteiger partial charge in [0.25, 0.3) is 0 Å². The van der Waals surface area contributed by atoms with Crippen LogP contribution in [0.3, 0.4) is 0 Å². The maximum absolute atomic E-state index is 6.09. The van der Waals surface area contributed by atoms with Crippen LogP contribution in [0.1, 0.15) is 18.1 Å². The lowest BCUT2D eigenvalue weighted by Gasteiger charge is -2.07. The molecule has 0 saturated heterocycles. The molecule has 0 unspecified atom stereocenters.